The summed E-state index contributed by atoms with van der Waals surface area (Å²) in [6, 6.07) is 12.4. The number of fused-ring (bicyclic) bond motifs is 1. The van der Waals surface area contributed by atoms with E-state index in [1.807, 2.05) is 24.3 Å². The van der Waals surface area contributed by atoms with Crippen molar-refractivity contribution in [1.82, 2.24) is 10.2 Å². The van der Waals surface area contributed by atoms with Crippen LogP contribution in [0.5, 0.6) is 0 Å². The predicted octanol–water partition coefficient (Wildman–Crippen LogP) is 4.09. The molecule has 1 aromatic heterocycles. The van der Waals surface area contributed by atoms with Gasteiger partial charge in [0.15, 0.2) is 5.82 Å². The van der Waals surface area contributed by atoms with E-state index in [4.69, 9.17) is 0 Å². The number of nitrogens with zero attached hydrogens (tertiary/aromatic N) is 3. The smallest absolute Gasteiger partial charge is 0.259 e. The van der Waals surface area contributed by atoms with E-state index in [0.717, 1.165) is 22.9 Å². The van der Waals surface area contributed by atoms with E-state index in [9.17, 15) is 13.2 Å². The van der Waals surface area contributed by atoms with Crippen molar-refractivity contribution in [3.63, 3.8) is 0 Å². The molecule has 7 heteroatoms. The molecule has 116 valence electrons. The van der Waals surface area contributed by atoms with Crippen molar-refractivity contribution in [1.29, 1.82) is 0 Å². The molecule has 0 aliphatic rings. The van der Waals surface area contributed by atoms with E-state index in [0.29, 0.717) is 11.4 Å². The monoisotopic (exact) mass is 316 g/mol. The number of halogens is 3. The summed E-state index contributed by atoms with van der Waals surface area (Å²) in [6.07, 6.45) is -1.45. The van der Waals surface area contributed by atoms with Crippen molar-refractivity contribution in [3.05, 3.63) is 65.9 Å². The van der Waals surface area contributed by atoms with Gasteiger partial charge in [0.1, 0.15) is 0 Å². The number of hydrogen-bond acceptors (Lipinski definition) is 4. The zero-order valence-electron chi connectivity index (χ0n) is 11.7. The second kappa shape index (κ2) is 6.04. The van der Waals surface area contributed by atoms with Crippen LogP contribution < -0.4 is 5.43 Å². The number of anilines is 1. The molecule has 0 aliphatic heterocycles. The lowest BCUT2D eigenvalue weighted by Crippen LogP contribution is -2.05. The molecule has 3 aromatic rings. The fraction of sp³-hybridized carbons (Fsp3) is 0.0625. The molecular formula is C16H11F3N4. The maximum Gasteiger partial charge on any atom is 0.416 e. The Kier molecular flexibility index (Phi) is 3.92. The Morgan fingerprint density at radius 3 is 2.70 bits per heavy atom. The summed E-state index contributed by atoms with van der Waals surface area (Å²) in [4.78, 5) is 0. The summed E-state index contributed by atoms with van der Waals surface area (Å²) in [5.41, 5.74) is 2.33. The molecule has 0 saturated carbocycles. The van der Waals surface area contributed by atoms with E-state index in [2.05, 4.69) is 20.7 Å². The topological polar surface area (TPSA) is 50.2 Å². The summed E-state index contributed by atoms with van der Waals surface area (Å²) in [5.74, 6) is 0.436. The molecule has 0 unspecified atom stereocenters. The van der Waals surface area contributed by atoms with Gasteiger partial charge in [-0.2, -0.15) is 23.4 Å². The third-order valence-corrected chi connectivity index (χ3v) is 3.17. The summed E-state index contributed by atoms with van der Waals surface area (Å²) < 4.78 is 38.0. The average Bonchev–Trinajstić information content (AvgIpc) is 2.55. The van der Waals surface area contributed by atoms with Crippen LogP contribution in [0.1, 0.15) is 11.1 Å². The van der Waals surface area contributed by atoms with Gasteiger partial charge >= 0.3 is 6.18 Å². The number of benzene rings is 2. The van der Waals surface area contributed by atoms with Crippen LogP contribution in [0.3, 0.4) is 0 Å². The highest BCUT2D eigenvalue weighted by Gasteiger charge is 2.30. The van der Waals surface area contributed by atoms with Gasteiger partial charge in [0.05, 0.1) is 18.0 Å². The third kappa shape index (κ3) is 3.45. The van der Waals surface area contributed by atoms with Gasteiger partial charge in [0.25, 0.3) is 0 Å². The maximum atomic E-state index is 12.7. The SMILES string of the molecule is FC(F)(F)c1cccc(C=NNc2nncc3ccccc23)c1. The second-order valence-electron chi connectivity index (χ2n) is 4.77. The Balaban J connectivity index is 1.81. The van der Waals surface area contributed by atoms with Crippen molar-refractivity contribution in [2.45, 2.75) is 6.18 Å². The van der Waals surface area contributed by atoms with Gasteiger partial charge in [-0.05, 0) is 17.7 Å². The van der Waals surface area contributed by atoms with E-state index in [1.165, 1.54) is 18.3 Å². The lowest BCUT2D eigenvalue weighted by atomic mass is 10.1. The number of rotatable bonds is 3. The molecule has 3 rings (SSSR count). The molecular weight excluding hydrogens is 305 g/mol. The molecule has 2 aromatic carbocycles. The molecule has 0 saturated heterocycles. The fourth-order valence-corrected chi connectivity index (χ4v) is 2.07. The molecule has 1 heterocycles. The Morgan fingerprint density at radius 1 is 1.04 bits per heavy atom. The first-order chi connectivity index (χ1) is 11.0. The highest BCUT2D eigenvalue weighted by Crippen LogP contribution is 2.29. The lowest BCUT2D eigenvalue weighted by Gasteiger charge is -2.06. The average molecular weight is 316 g/mol. The summed E-state index contributed by atoms with van der Waals surface area (Å²) >= 11 is 0. The number of hydrazone groups is 1. The highest BCUT2D eigenvalue weighted by atomic mass is 19.4. The molecule has 0 aliphatic carbocycles. The Morgan fingerprint density at radius 2 is 1.87 bits per heavy atom. The molecule has 0 fully saturated rings. The maximum absolute atomic E-state index is 12.7. The third-order valence-electron chi connectivity index (χ3n) is 3.17. The Hall–Kier alpha value is -2.96. The number of alkyl halides is 3. The van der Waals surface area contributed by atoms with Crippen LogP contribution in [-0.2, 0) is 6.18 Å². The molecule has 0 bridgehead atoms. The minimum Gasteiger partial charge on any atom is -0.259 e. The predicted molar refractivity (Wildman–Crippen MR) is 82.2 cm³/mol. The highest BCUT2D eigenvalue weighted by molar-refractivity contribution is 5.91. The minimum atomic E-state index is -4.38. The van der Waals surface area contributed by atoms with Crippen molar-refractivity contribution in [3.8, 4) is 0 Å². The first kappa shape index (κ1) is 15.0. The van der Waals surface area contributed by atoms with Crippen LogP contribution >= 0.6 is 0 Å². The summed E-state index contributed by atoms with van der Waals surface area (Å²) in [5, 5.41) is 13.4. The molecule has 4 nitrogen and oxygen atoms in total. The Bertz CT molecular complexity index is 854. The van der Waals surface area contributed by atoms with E-state index in [1.54, 1.807) is 6.20 Å². The first-order valence-corrected chi connectivity index (χ1v) is 6.71. The van der Waals surface area contributed by atoms with Crippen LogP contribution in [0, 0.1) is 0 Å². The van der Waals surface area contributed by atoms with Crippen molar-refractivity contribution < 1.29 is 13.2 Å². The van der Waals surface area contributed by atoms with Crippen LogP contribution in [-0.4, -0.2) is 16.4 Å². The number of nitrogens with one attached hydrogen (secondary N) is 1. The van der Waals surface area contributed by atoms with E-state index >= 15 is 0 Å². The minimum absolute atomic E-state index is 0.334. The van der Waals surface area contributed by atoms with Crippen LogP contribution in [0.4, 0.5) is 19.0 Å². The van der Waals surface area contributed by atoms with Crippen LogP contribution in [0.2, 0.25) is 0 Å². The Labute approximate surface area is 129 Å². The molecule has 0 spiro atoms. The zero-order valence-corrected chi connectivity index (χ0v) is 11.7. The second-order valence-corrected chi connectivity index (χ2v) is 4.77. The van der Waals surface area contributed by atoms with Gasteiger partial charge in [-0.25, -0.2) is 0 Å². The first-order valence-electron chi connectivity index (χ1n) is 6.71. The van der Waals surface area contributed by atoms with Gasteiger partial charge in [-0.15, -0.1) is 5.10 Å². The van der Waals surface area contributed by atoms with Gasteiger partial charge in [-0.3, -0.25) is 5.43 Å². The largest absolute Gasteiger partial charge is 0.416 e. The van der Waals surface area contributed by atoms with E-state index in [-0.39, 0.29) is 0 Å². The quantitative estimate of drug-likeness (QED) is 0.585. The van der Waals surface area contributed by atoms with Gasteiger partial charge < -0.3 is 0 Å². The summed E-state index contributed by atoms with van der Waals surface area (Å²) in [6.45, 7) is 0. The van der Waals surface area contributed by atoms with Gasteiger partial charge in [0, 0.05) is 10.8 Å². The standard InChI is InChI=1S/C16H11F3N4/c17-16(18,19)13-6-3-4-11(8-13)9-20-22-15-14-7-2-1-5-12(14)10-21-23-15/h1-10H,(H,22,23). The van der Waals surface area contributed by atoms with E-state index < -0.39 is 11.7 Å². The van der Waals surface area contributed by atoms with Gasteiger partial charge in [0.2, 0.25) is 0 Å². The number of aromatic nitrogens is 2. The van der Waals surface area contributed by atoms with Crippen molar-refractivity contribution >= 4 is 22.8 Å². The number of hydrogen-bond donors (Lipinski definition) is 1. The molecule has 23 heavy (non-hydrogen) atoms. The lowest BCUT2D eigenvalue weighted by molar-refractivity contribution is -0.137. The normalized spacial score (nSPS) is 12.0. The van der Waals surface area contributed by atoms with Gasteiger partial charge in [-0.1, -0.05) is 36.4 Å². The fourth-order valence-electron chi connectivity index (χ4n) is 2.07. The molecule has 0 atom stereocenters. The van der Waals surface area contributed by atoms with Crippen LogP contribution in [0.25, 0.3) is 10.8 Å². The molecule has 1 N–H and O–H groups in total. The zero-order chi connectivity index (χ0) is 16.3. The van der Waals surface area contributed by atoms with Crippen LogP contribution in [0.15, 0.2) is 59.8 Å². The molecule has 0 amide bonds. The summed E-state index contributed by atoms with van der Waals surface area (Å²) in [7, 11) is 0. The van der Waals surface area contributed by atoms with Crippen molar-refractivity contribution in [2.75, 3.05) is 5.43 Å². The molecule has 0 radical (unpaired) electrons. The van der Waals surface area contributed by atoms with Crippen molar-refractivity contribution in [2.24, 2.45) is 5.10 Å².